The maximum atomic E-state index is 12.7. The van der Waals surface area contributed by atoms with Gasteiger partial charge in [-0.15, -0.1) is 0 Å². The number of hydrogen-bond donors (Lipinski definition) is 2. The molecule has 0 aromatic rings. The van der Waals surface area contributed by atoms with Crippen LogP contribution in [0.15, 0.2) is 0 Å². The Bertz CT molecular complexity index is 454. The first kappa shape index (κ1) is 18.4. The van der Waals surface area contributed by atoms with Gasteiger partial charge in [0.05, 0.1) is 12.2 Å². The summed E-state index contributed by atoms with van der Waals surface area (Å²) in [5.41, 5.74) is -0.195. The molecule has 3 fully saturated rings. The monoisotopic (exact) mass is 336 g/mol. The van der Waals surface area contributed by atoms with Gasteiger partial charge in [0.15, 0.2) is 0 Å². The van der Waals surface area contributed by atoms with Crippen LogP contribution in [0, 0.1) is 35.0 Å². The minimum atomic E-state index is -0.295. The molecule has 0 heterocycles. The third-order valence-corrected chi connectivity index (χ3v) is 7.84. The van der Waals surface area contributed by atoms with Crippen LogP contribution in [0.3, 0.4) is 0 Å². The van der Waals surface area contributed by atoms with Crippen molar-refractivity contribution in [1.29, 1.82) is 0 Å². The molecular formula is C21H36O3. The van der Waals surface area contributed by atoms with Crippen LogP contribution in [0.25, 0.3) is 0 Å². The van der Waals surface area contributed by atoms with Gasteiger partial charge in [-0.3, -0.25) is 4.79 Å². The van der Waals surface area contributed by atoms with Crippen molar-refractivity contribution >= 4 is 5.78 Å². The highest BCUT2D eigenvalue weighted by Gasteiger charge is 2.65. The summed E-state index contributed by atoms with van der Waals surface area (Å²) >= 11 is 0. The molecule has 1 unspecified atom stereocenters. The van der Waals surface area contributed by atoms with Gasteiger partial charge in [0.25, 0.3) is 0 Å². The number of carbonyl (C=O) groups excluding carboxylic acids is 1. The smallest absolute Gasteiger partial charge is 0.142 e. The number of aliphatic hydroxyl groups is 2. The lowest BCUT2D eigenvalue weighted by Crippen LogP contribution is -2.66. The summed E-state index contributed by atoms with van der Waals surface area (Å²) in [5.74, 6) is 1.81. The summed E-state index contributed by atoms with van der Waals surface area (Å²) in [6.45, 7) is 6.39. The lowest BCUT2D eigenvalue weighted by Gasteiger charge is -2.62. The molecule has 3 aliphatic rings. The average Bonchev–Trinajstić information content (AvgIpc) is 2.59. The van der Waals surface area contributed by atoms with E-state index in [2.05, 4.69) is 20.8 Å². The fraction of sp³-hybridized carbons (Fsp3) is 0.952. The van der Waals surface area contributed by atoms with Crippen LogP contribution in [0.2, 0.25) is 0 Å². The highest BCUT2D eigenvalue weighted by Crippen LogP contribution is 2.62. The third-order valence-electron chi connectivity index (χ3n) is 7.84. The van der Waals surface area contributed by atoms with Crippen LogP contribution in [-0.4, -0.2) is 28.2 Å². The molecule has 3 aliphatic carbocycles. The Kier molecular flexibility index (Phi) is 5.42. The maximum Gasteiger partial charge on any atom is 0.142 e. The second kappa shape index (κ2) is 7.07. The molecular weight excluding hydrogens is 300 g/mol. The minimum absolute atomic E-state index is 0.0826. The number of Topliss-reactive ketones (excluding diaryl/α,β-unsaturated/α-hetero) is 1. The van der Waals surface area contributed by atoms with Gasteiger partial charge in [-0.1, -0.05) is 40.0 Å². The fourth-order valence-electron chi connectivity index (χ4n) is 6.43. The van der Waals surface area contributed by atoms with Crippen molar-refractivity contribution in [2.24, 2.45) is 35.0 Å². The van der Waals surface area contributed by atoms with Crippen molar-refractivity contribution in [3.8, 4) is 0 Å². The molecule has 24 heavy (non-hydrogen) atoms. The highest BCUT2D eigenvalue weighted by molar-refractivity contribution is 5.94. The number of carbonyl (C=O) groups is 1. The van der Waals surface area contributed by atoms with E-state index in [-0.39, 0.29) is 29.5 Å². The summed E-state index contributed by atoms with van der Waals surface area (Å²) < 4.78 is 0. The molecule has 3 nitrogen and oxygen atoms in total. The SMILES string of the molecule is CC1C(=O)[C@]2(C(C)C)CC[C@H](O)[C@@H](CC[C@@H](O)C3CCCCC3)[C@H]12. The van der Waals surface area contributed by atoms with E-state index in [1.54, 1.807) is 0 Å². The Morgan fingerprint density at radius 1 is 1.17 bits per heavy atom. The van der Waals surface area contributed by atoms with Gasteiger partial charge in [0, 0.05) is 11.3 Å². The lowest BCUT2D eigenvalue weighted by atomic mass is 9.41. The van der Waals surface area contributed by atoms with E-state index in [4.69, 9.17) is 0 Å². The number of ketones is 1. The van der Waals surface area contributed by atoms with Crippen LogP contribution in [0.1, 0.15) is 78.6 Å². The topological polar surface area (TPSA) is 57.5 Å². The number of hydrogen-bond acceptors (Lipinski definition) is 3. The molecule has 0 aliphatic heterocycles. The Morgan fingerprint density at radius 3 is 2.46 bits per heavy atom. The summed E-state index contributed by atoms with van der Waals surface area (Å²) in [7, 11) is 0. The van der Waals surface area contributed by atoms with Gasteiger partial charge in [-0.2, -0.15) is 0 Å². The van der Waals surface area contributed by atoms with E-state index in [0.29, 0.717) is 23.5 Å². The van der Waals surface area contributed by atoms with Crippen LogP contribution < -0.4 is 0 Å². The highest BCUT2D eigenvalue weighted by atomic mass is 16.3. The zero-order chi connectivity index (χ0) is 17.5. The van der Waals surface area contributed by atoms with E-state index in [0.717, 1.165) is 38.5 Å². The molecule has 0 aromatic carbocycles. The predicted octanol–water partition coefficient (Wildman–Crippen LogP) is 3.96. The molecule has 3 rings (SSSR count). The summed E-state index contributed by atoms with van der Waals surface area (Å²) in [6, 6.07) is 0. The molecule has 3 heteroatoms. The van der Waals surface area contributed by atoms with E-state index < -0.39 is 0 Å². The molecule has 0 saturated heterocycles. The Hall–Kier alpha value is -0.410. The molecule has 2 N–H and O–H groups in total. The first-order chi connectivity index (χ1) is 11.4. The number of rotatable bonds is 5. The molecule has 138 valence electrons. The second-order valence-corrected chi connectivity index (χ2v) is 9.19. The van der Waals surface area contributed by atoms with Crippen LogP contribution in [0.4, 0.5) is 0 Å². The molecule has 0 amide bonds. The number of aliphatic hydroxyl groups excluding tert-OH is 2. The van der Waals surface area contributed by atoms with Crippen molar-refractivity contribution in [2.75, 3.05) is 0 Å². The van der Waals surface area contributed by atoms with Gasteiger partial charge in [0.1, 0.15) is 5.78 Å². The van der Waals surface area contributed by atoms with Crippen molar-refractivity contribution in [3.05, 3.63) is 0 Å². The van der Waals surface area contributed by atoms with Gasteiger partial charge in [0.2, 0.25) is 0 Å². The average molecular weight is 337 g/mol. The summed E-state index contributed by atoms with van der Waals surface area (Å²) in [6.07, 6.45) is 8.85. The van der Waals surface area contributed by atoms with Gasteiger partial charge in [-0.25, -0.2) is 0 Å². The van der Waals surface area contributed by atoms with E-state index in [1.807, 2.05) is 0 Å². The van der Waals surface area contributed by atoms with E-state index in [1.165, 1.54) is 19.3 Å². The normalized spacial score (nSPS) is 41.8. The van der Waals surface area contributed by atoms with E-state index in [9.17, 15) is 15.0 Å². The Balaban J connectivity index is 1.66. The summed E-state index contributed by atoms with van der Waals surface area (Å²) in [4.78, 5) is 12.7. The minimum Gasteiger partial charge on any atom is -0.393 e. The van der Waals surface area contributed by atoms with Crippen LogP contribution >= 0.6 is 0 Å². The zero-order valence-electron chi connectivity index (χ0n) is 15.7. The van der Waals surface area contributed by atoms with Crippen molar-refractivity contribution in [3.63, 3.8) is 0 Å². The van der Waals surface area contributed by atoms with E-state index >= 15 is 0 Å². The molecule has 0 bridgehead atoms. The first-order valence-corrected chi connectivity index (χ1v) is 10.3. The van der Waals surface area contributed by atoms with Gasteiger partial charge >= 0.3 is 0 Å². The first-order valence-electron chi connectivity index (χ1n) is 10.3. The van der Waals surface area contributed by atoms with Crippen LogP contribution in [-0.2, 0) is 4.79 Å². The van der Waals surface area contributed by atoms with Crippen molar-refractivity contribution in [1.82, 2.24) is 0 Å². The lowest BCUT2D eigenvalue weighted by molar-refractivity contribution is -0.188. The second-order valence-electron chi connectivity index (χ2n) is 9.19. The number of fused-ring (bicyclic) bond motifs is 1. The van der Waals surface area contributed by atoms with Gasteiger partial charge in [-0.05, 0) is 62.2 Å². The van der Waals surface area contributed by atoms with Crippen LogP contribution in [0.5, 0.6) is 0 Å². The quantitative estimate of drug-likeness (QED) is 0.799. The van der Waals surface area contributed by atoms with Crippen molar-refractivity contribution in [2.45, 2.75) is 90.8 Å². The molecule has 6 atom stereocenters. The Labute approximate surface area is 147 Å². The van der Waals surface area contributed by atoms with Gasteiger partial charge < -0.3 is 10.2 Å². The molecule has 0 aromatic heterocycles. The zero-order valence-corrected chi connectivity index (χ0v) is 15.7. The maximum absolute atomic E-state index is 12.7. The Morgan fingerprint density at radius 2 is 1.83 bits per heavy atom. The summed E-state index contributed by atoms with van der Waals surface area (Å²) in [5, 5.41) is 21.2. The fourth-order valence-corrected chi connectivity index (χ4v) is 6.43. The molecule has 0 spiro atoms. The standard InChI is InChI=1S/C21H36O3/c1-13(2)21-12-11-18(23)16(19(21)14(3)20(21)24)9-10-17(22)15-7-5-4-6-8-15/h13-19,22-23H,4-12H2,1-3H3/t14?,16-,17-,18+,19+,21+/m1/s1. The molecule has 3 saturated carbocycles. The van der Waals surface area contributed by atoms with Crippen molar-refractivity contribution < 1.29 is 15.0 Å². The third kappa shape index (κ3) is 2.86. The molecule has 0 radical (unpaired) electrons. The predicted molar refractivity (Wildman–Crippen MR) is 95.5 cm³/mol. The largest absolute Gasteiger partial charge is 0.393 e.